The first-order valence-corrected chi connectivity index (χ1v) is 2.42. The van der Waals surface area contributed by atoms with Gasteiger partial charge < -0.3 is 0 Å². The molecule has 0 atom stereocenters. The summed E-state index contributed by atoms with van der Waals surface area (Å²) in [5.74, 6) is 0. The van der Waals surface area contributed by atoms with Crippen LogP contribution in [0.1, 0.15) is 0 Å². The summed E-state index contributed by atoms with van der Waals surface area (Å²) in [6.07, 6.45) is 5.52. The van der Waals surface area contributed by atoms with Crippen molar-refractivity contribution >= 4 is 6.34 Å². The number of nitrogens with zero attached hydrogens (tertiary/aromatic N) is 2. The van der Waals surface area contributed by atoms with Gasteiger partial charge in [0.15, 0.2) is 0 Å². The van der Waals surface area contributed by atoms with Crippen molar-refractivity contribution < 1.29 is 0 Å². The quantitative estimate of drug-likeness (QED) is 0.393. The van der Waals surface area contributed by atoms with Gasteiger partial charge in [0.2, 0.25) is 0 Å². The smallest absolute Gasteiger partial charge is 0.148 e. The fourth-order valence-electron chi connectivity index (χ4n) is 0.483. The van der Waals surface area contributed by atoms with E-state index in [1.54, 1.807) is 6.20 Å². The molecule has 0 aliphatic carbocycles. The van der Waals surface area contributed by atoms with E-state index >= 15 is 0 Å². The maximum absolute atomic E-state index is 7.12. The van der Waals surface area contributed by atoms with Gasteiger partial charge in [0.25, 0.3) is 0 Å². The molecule has 0 saturated carbocycles. The molecule has 46 valence electrons. The lowest BCUT2D eigenvalue weighted by molar-refractivity contribution is 0.950. The molecule has 0 aliphatic rings. The Labute approximate surface area is 51.8 Å². The van der Waals surface area contributed by atoms with Crippen molar-refractivity contribution in [3.63, 3.8) is 0 Å². The van der Waals surface area contributed by atoms with Crippen LogP contribution in [0.4, 0.5) is 0 Å². The Kier molecular flexibility index (Phi) is 1.40. The lowest BCUT2D eigenvalue weighted by atomic mass is 10.7. The van der Waals surface area contributed by atoms with Crippen LogP contribution in [0.2, 0.25) is 0 Å². The third kappa shape index (κ3) is 1.02. The van der Waals surface area contributed by atoms with E-state index in [-0.39, 0.29) is 5.49 Å². The zero-order valence-electron chi connectivity index (χ0n) is 4.70. The van der Waals surface area contributed by atoms with Crippen LogP contribution in [0.25, 0.3) is 0 Å². The van der Waals surface area contributed by atoms with Crippen molar-refractivity contribution in [1.29, 1.82) is 10.8 Å². The van der Waals surface area contributed by atoms with Crippen LogP contribution in [0.15, 0.2) is 18.6 Å². The molecule has 4 nitrogen and oxygen atoms in total. The normalized spacial score (nSPS) is 8.89. The third-order valence-corrected chi connectivity index (χ3v) is 0.927. The van der Waals surface area contributed by atoms with Crippen molar-refractivity contribution in [1.82, 2.24) is 9.55 Å². The molecule has 0 amide bonds. The highest BCUT2D eigenvalue weighted by Gasteiger charge is 1.80. The molecule has 1 aromatic heterocycles. The molecule has 0 spiro atoms. The number of nitrogens with one attached hydrogen (secondary N) is 2. The Balaban J connectivity index is 3.32. The van der Waals surface area contributed by atoms with E-state index in [0.717, 1.165) is 6.34 Å². The second kappa shape index (κ2) is 2.21. The lowest BCUT2D eigenvalue weighted by Gasteiger charge is -1.92. The Hall–Kier alpha value is -1.45. The predicted molar refractivity (Wildman–Crippen MR) is 32.3 cm³/mol. The summed E-state index contributed by atoms with van der Waals surface area (Å²) in [4.78, 5) is 3.68. The molecule has 0 bridgehead atoms. The van der Waals surface area contributed by atoms with Gasteiger partial charge in [0, 0.05) is 12.4 Å². The molecule has 0 radical (unpaired) electrons. The van der Waals surface area contributed by atoms with Crippen LogP contribution < -0.4 is 5.49 Å². The highest BCUT2D eigenvalue weighted by atomic mass is 15.0. The van der Waals surface area contributed by atoms with Gasteiger partial charge in [-0.2, -0.15) is 0 Å². The molecule has 9 heavy (non-hydrogen) atoms. The maximum Gasteiger partial charge on any atom is 0.148 e. The Morgan fingerprint density at radius 1 is 1.67 bits per heavy atom. The maximum atomic E-state index is 7.12. The summed E-state index contributed by atoms with van der Waals surface area (Å²) in [5.41, 5.74) is 0.215. The lowest BCUT2D eigenvalue weighted by Crippen LogP contribution is -2.17. The van der Waals surface area contributed by atoms with Gasteiger partial charge in [0.05, 0.1) is 12.5 Å². The summed E-state index contributed by atoms with van der Waals surface area (Å²) < 4.78 is 1.35. The van der Waals surface area contributed by atoms with Crippen LogP contribution in [-0.2, 0) is 0 Å². The van der Waals surface area contributed by atoms with Crippen molar-refractivity contribution in [2.75, 3.05) is 0 Å². The van der Waals surface area contributed by atoms with Crippen LogP contribution in [-0.4, -0.2) is 15.9 Å². The van der Waals surface area contributed by atoms with E-state index in [0.29, 0.717) is 0 Å². The fourth-order valence-corrected chi connectivity index (χ4v) is 0.483. The number of hydrogen-bond donors (Lipinski definition) is 2. The molecule has 0 aromatic carbocycles. The second-order valence-electron chi connectivity index (χ2n) is 1.50. The largest absolute Gasteiger partial charge is 0.291 e. The van der Waals surface area contributed by atoms with Crippen molar-refractivity contribution in [2.24, 2.45) is 0 Å². The van der Waals surface area contributed by atoms with Gasteiger partial charge >= 0.3 is 0 Å². The molecule has 4 heteroatoms. The highest BCUT2D eigenvalue weighted by Crippen LogP contribution is 1.67. The van der Waals surface area contributed by atoms with E-state index < -0.39 is 0 Å². The fraction of sp³-hybridized carbons (Fsp3) is 0. The first-order chi connectivity index (χ1) is 4.34. The summed E-state index contributed by atoms with van der Waals surface area (Å²) >= 11 is 0. The van der Waals surface area contributed by atoms with Crippen molar-refractivity contribution in [3.05, 3.63) is 24.1 Å². The third-order valence-electron chi connectivity index (χ3n) is 0.927. The predicted octanol–water partition coefficient (Wildman–Crippen LogP) is -0.182. The minimum Gasteiger partial charge on any atom is -0.291 e. The van der Waals surface area contributed by atoms with E-state index in [2.05, 4.69) is 4.98 Å². The van der Waals surface area contributed by atoms with Crippen LogP contribution in [0.3, 0.4) is 0 Å². The van der Waals surface area contributed by atoms with E-state index in [1.807, 2.05) is 0 Å². The summed E-state index contributed by atoms with van der Waals surface area (Å²) in [6, 6.07) is 0. The Morgan fingerprint density at radius 3 is 2.89 bits per heavy atom. The van der Waals surface area contributed by atoms with Crippen molar-refractivity contribution in [2.45, 2.75) is 0 Å². The molecule has 0 unspecified atom stereocenters. The standard InChI is InChI=1S/C5H6N4/c6-4-9-2-1-8-3-5(9)7/h1-4,6-7H. The van der Waals surface area contributed by atoms with E-state index in [1.165, 1.54) is 17.0 Å². The Bertz CT molecular complexity index is 262. The van der Waals surface area contributed by atoms with Crippen LogP contribution in [0.5, 0.6) is 0 Å². The molecular formula is C5H6N4. The molecule has 1 heterocycles. The minimum absolute atomic E-state index is 0.215. The minimum atomic E-state index is 0.215. The molecule has 1 rings (SSSR count). The van der Waals surface area contributed by atoms with Gasteiger partial charge in [-0.3, -0.25) is 20.4 Å². The molecule has 0 fully saturated rings. The zero-order chi connectivity index (χ0) is 6.69. The number of hydrogen-bond acceptors (Lipinski definition) is 3. The van der Waals surface area contributed by atoms with Gasteiger partial charge in [-0.15, -0.1) is 0 Å². The average Bonchev–Trinajstić information content (AvgIpc) is 1.89. The first kappa shape index (κ1) is 5.68. The molecule has 0 saturated heterocycles. The second-order valence-corrected chi connectivity index (χ2v) is 1.50. The summed E-state index contributed by atoms with van der Waals surface area (Å²) in [7, 11) is 0. The van der Waals surface area contributed by atoms with Gasteiger partial charge in [-0.1, -0.05) is 0 Å². The van der Waals surface area contributed by atoms with Crippen molar-refractivity contribution in [3.8, 4) is 0 Å². The SMILES string of the molecule is N=Cn1ccncc1=N. The van der Waals surface area contributed by atoms with Gasteiger partial charge in [-0.05, 0) is 0 Å². The zero-order valence-corrected chi connectivity index (χ0v) is 4.70. The molecule has 1 aromatic rings. The summed E-state index contributed by atoms with van der Waals surface area (Å²) in [5, 5.41) is 13.9. The highest BCUT2D eigenvalue weighted by molar-refractivity contribution is 5.53. The van der Waals surface area contributed by atoms with Crippen LogP contribution in [0, 0.1) is 10.8 Å². The molecule has 0 aliphatic heterocycles. The monoisotopic (exact) mass is 122 g/mol. The van der Waals surface area contributed by atoms with E-state index in [9.17, 15) is 0 Å². The molecular weight excluding hydrogens is 116 g/mol. The number of rotatable bonds is 1. The number of aromatic nitrogens is 2. The van der Waals surface area contributed by atoms with Crippen LogP contribution >= 0.6 is 0 Å². The van der Waals surface area contributed by atoms with Gasteiger partial charge in [0.1, 0.15) is 5.49 Å². The first-order valence-electron chi connectivity index (χ1n) is 2.42. The van der Waals surface area contributed by atoms with E-state index in [4.69, 9.17) is 10.8 Å². The average molecular weight is 122 g/mol. The Morgan fingerprint density at radius 2 is 2.44 bits per heavy atom. The summed E-state index contributed by atoms with van der Waals surface area (Å²) in [6.45, 7) is 0. The molecule has 2 N–H and O–H groups in total. The topological polar surface area (TPSA) is 65.5 Å². The van der Waals surface area contributed by atoms with Gasteiger partial charge in [-0.25, -0.2) is 0 Å².